The van der Waals surface area contributed by atoms with Crippen LogP contribution in [0.5, 0.6) is 0 Å². The first-order chi connectivity index (χ1) is 31.7. The lowest BCUT2D eigenvalue weighted by atomic mass is 9.90. The molecule has 2 aromatic carbocycles. The van der Waals surface area contributed by atoms with Crippen LogP contribution in [0.2, 0.25) is 0 Å². The zero-order chi connectivity index (χ0) is 47.8. The van der Waals surface area contributed by atoms with Gasteiger partial charge in [0.05, 0.1) is 6.07 Å². The number of piperazine rings is 1. The van der Waals surface area contributed by atoms with Gasteiger partial charge in [-0.05, 0) is 90.1 Å². The summed E-state index contributed by atoms with van der Waals surface area (Å²) in [5.74, 6) is -1.46. The highest BCUT2D eigenvalue weighted by molar-refractivity contribution is 7.85. The summed E-state index contributed by atoms with van der Waals surface area (Å²) < 4.78 is 41.7. The lowest BCUT2D eigenvalue weighted by Crippen LogP contribution is -2.50. The van der Waals surface area contributed by atoms with Gasteiger partial charge in [0.15, 0.2) is 5.78 Å². The van der Waals surface area contributed by atoms with Crippen molar-refractivity contribution in [2.75, 3.05) is 69.6 Å². The molecule has 16 heteroatoms. The molecule has 358 valence electrons. The Hall–Kier alpha value is -5.61. The van der Waals surface area contributed by atoms with Gasteiger partial charge in [0.2, 0.25) is 23.1 Å². The van der Waals surface area contributed by atoms with Gasteiger partial charge in [-0.15, -0.1) is 0 Å². The molecule has 2 heterocycles. The quantitative estimate of drug-likeness (QED) is 0.0319. The lowest BCUT2D eigenvalue weighted by Gasteiger charge is -2.35. The second-order valence-corrected chi connectivity index (χ2v) is 18.3. The standard InChI is InChI=1S/C50H68N6O9S/c1-6-51-46(58)22-14-12-11-13-21-43(57)42(35-66(62,63)64)52-47(59)23-17-18-24-48(60)55-29-31-56(32-30-55)50(61)39-20-16-15-19-38(39)49-40-27-25-36(53(7-2)8-3)33-44(40)65-45-34-37(26-28-41(45)49)54(9-4)10-5/h15-16,19-20,25-28,33-34,42H,6-14,17-18,21-24,29-32,35H2,1-5H3,(H2-,51,52,58,59,62,63,64)/p+1. The van der Waals surface area contributed by atoms with Crippen LogP contribution in [0, 0.1) is 0 Å². The number of nitrogens with one attached hydrogen (secondary N) is 2. The average Bonchev–Trinajstić information content (AvgIpc) is 3.30. The maximum Gasteiger partial charge on any atom is 0.267 e. The Labute approximate surface area is 389 Å². The first kappa shape index (κ1) is 51.4. The number of anilines is 1. The van der Waals surface area contributed by atoms with Crippen LogP contribution >= 0.6 is 0 Å². The largest absolute Gasteiger partial charge is 0.456 e. The average molecular weight is 930 g/mol. The summed E-state index contributed by atoms with van der Waals surface area (Å²) in [6.07, 6.45) is 3.79. The number of amides is 4. The minimum atomic E-state index is -4.55. The van der Waals surface area contributed by atoms with Crippen molar-refractivity contribution in [1.82, 2.24) is 25.0 Å². The van der Waals surface area contributed by atoms with E-state index in [1.807, 2.05) is 31.2 Å². The highest BCUT2D eigenvalue weighted by Crippen LogP contribution is 2.42. The number of hydrogen-bond acceptors (Lipinski definition) is 9. The molecule has 1 saturated heterocycles. The number of benzene rings is 3. The number of Topliss-reactive ketones (excluding diaryl/α,β-unsaturated/α-hetero) is 1. The van der Waals surface area contributed by atoms with E-state index in [0.717, 1.165) is 77.1 Å². The van der Waals surface area contributed by atoms with Crippen LogP contribution in [-0.4, -0.2) is 123 Å². The third-order valence-electron chi connectivity index (χ3n) is 12.4. The van der Waals surface area contributed by atoms with Gasteiger partial charge in [-0.25, -0.2) is 4.58 Å². The summed E-state index contributed by atoms with van der Waals surface area (Å²) in [6, 6.07) is 18.9. The maximum absolute atomic E-state index is 14.5. The van der Waals surface area contributed by atoms with E-state index in [2.05, 4.69) is 84.2 Å². The van der Waals surface area contributed by atoms with Crippen LogP contribution in [0.15, 0.2) is 65.1 Å². The van der Waals surface area contributed by atoms with E-state index in [1.54, 1.807) is 9.80 Å². The Morgan fingerprint density at radius 1 is 0.742 bits per heavy atom. The molecule has 1 unspecified atom stereocenters. The van der Waals surface area contributed by atoms with E-state index in [1.165, 1.54) is 0 Å². The van der Waals surface area contributed by atoms with Crippen LogP contribution in [0.4, 0.5) is 5.69 Å². The molecule has 3 aliphatic rings. The Balaban J connectivity index is 1.19. The van der Waals surface area contributed by atoms with Crippen molar-refractivity contribution in [3.05, 3.63) is 71.6 Å². The summed E-state index contributed by atoms with van der Waals surface area (Å²) in [6.45, 7) is 15.8. The summed E-state index contributed by atoms with van der Waals surface area (Å²) in [5, 5.41) is 7.16. The van der Waals surface area contributed by atoms with Crippen molar-refractivity contribution in [3.63, 3.8) is 0 Å². The van der Waals surface area contributed by atoms with Gasteiger partial charge in [-0.3, -0.25) is 28.5 Å². The fraction of sp³-hybridized carbons (Fsp3) is 0.520. The molecule has 1 aliphatic carbocycles. The van der Waals surface area contributed by atoms with E-state index in [9.17, 15) is 36.9 Å². The predicted octanol–water partition coefficient (Wildman–Crippen LogP) is 6.13. The fourth-order valence-corrected chi connectivity index (χ4v) is 9.45. The molecule has 66 heavy (non-hydrogen) atoms. The first-order valence-corrected chi connectivity index (χ1v) is 25.4. The Bertz CT molecular complexity index is 2470. The number of unbranched alkanes of at least 4 members (excludes halogenated alkanes) is 4. The normalized spacial score (nSPS) is 13.4. The predicted molar refractivity (Wildman–Crippen MR) is 259 cm³/mol. The fourth-order valence-electron chi connectivity index (χ4n) is 8.76. The third kappa shape index (κ3) is 14.0. The second-order valence-electron chi connectivity index (χ2n) is 16.8. The second kappa shape index (κ2) is 24.8. The van der Waals surface area contributed by atoms with Crippen molar-refractivity contribution >= 4 is 56.2 Å². The van der Waals surface area contributed by atoms with Gasteiger partial charge in [0.25, 0.3) is 16.0 Å². The Morgan fingerprint density at radius 3 is 2.05 bits per heavy atom. The smallest absolute Gasteiger partial charge is 0.267 e. The van der Waals surface area contributed by atoms with Crippen LogP contribution in [-0.2, 0) is 29.3 Å². The molecule has 15 nitrogen and oxygen atoms in total. The minimum Gasteiger partial charge on any atom is -0.456 e. The molecule has 1 atom stereocenters. The van der Waals surface area contributed by atoms with Crippen molar-refractivity contribution in [1.29, 1.82) is 0 Å². The van der Waals surface area contributed by atoms with Gasteiger partial charge < -0.3 is 29.8 Å². The van der Waals surface area contributed by atoms with Crippen LogP contribution < -0.4 is 25.5 Å². The van der Waals surface area contributed by atoms with Crippen LogP contribution in [0.3, 0.4) is 0 Å². The molecule has 0 bridgehead atoms. The molecule has 4 amide bonds. The molecule has 1 fully saturated rings. The molecule has 3 N–H and O–H groups in total. The van der Waals surface area contributed by atoms with Gasteiger partial charge in [-0.2, -0.15) is 8.42 Å². The van der Waals surface area contributed by atoms with E-state index < -0.39 is 33.6 Å². The summed E-state index contributed by atoms with van der Waals surface area (Å²) in [7, 11) is -4.55. The van der Waals surface area contributed by atoms with Crippen LogP contribution in [0.25, 0.3) is 33.4 Å². The lowest BCUT2D eigenvalue weighted by molar-refractivity contribution is -0.133. The maximum atomic E-state index is 14.5. The Kier molecular flexibility index (Phi) is 19.3. The zero-order valence-electron chi connectivity index (χ0n) is 39.4. The van der Waals surface area contributed by atoms with Crippen molar-refractivity contribution < 1.29 is 41.4 Å². The molecule has 0 saturated carbocycles. The van der Waals surface area contributed by atoms with Crippen molar-refractivity contribution in [3.8, 4) is 22.5 Å². The number of fused-ring (bicyclic) bond motifs is 2. The highest BCUT2D eigenvalue weighted by atomic mass is 32.2. The van der Waals surface area contributed by atoms with Gasteiger partial charge in [0, 0.05) is 111 Å². The summed E-state index contributed by atoms with van der Waals surface area (Å²) in [5.41, 5.74) is 4.99. The molecular formula is C50H69N6O9S+. The molecule has 0 spiro atoms. The third-order valence-corrected chi connectivity index (χ3v) is 13.1. The van der Waals surface area contributed by atoms with E-state index in [-0.39, 0.29) is 37.0 Å². The molecule has 0 radical (unpaired) electrons. The highest BCUT2D eigenvalue weighted by Gasteiger charge is 2.29. The number of carbonyl (C=O) groups is 5. The summed E-state index contributed by atoms with van der Waals surface area (Å²) in [4.78, 5) is 70.8. The van der Waals surface area contributed by atoms with Crippen molar-refractivity contribution in [2.45, 2.75) is 105 Å². The summed E-state index contributed by atoms with van der Waals surface area (Å²) >= 11 is 0. The molecule has 2 aromatic rings. The molecule has 0 aromatic heterocycles. The van der Waals surface area contributed by atoms with Gasteiger partial charge in [-0.1, -0.05) is 31.0 Å². The van der Waals surface area contributed by atoms with Crippen LogP contribution in [0.1, 0.15) is 109 Å². The van der Waals surface area contributed by atoms with E-state index in [0.29, 0.717) is 76.8 Å². The number of hydrogen-bond donors (Lipinski definition) is 3. The SMILES string of the molecule is CCNC(=O)CCCCCCC(=O)C(CS(=O)(=O)O)NC(=O)CCCCC(=O)N1CCN(C(=O)c2ccccc2-c2c3ccc(=[N+](CC)CC)cc-3oc3cc(N(CC)CC)ccc23)CC1. The number of nitrogens with zero attached hydrogens (tertiary/aromatic N) is 4. The van der Waals surface area contributed by atoms with Gasteiger partial charge >= 0.3 is 0 Å². The minimum absolute atomic E-state index is 0.0235. The topological polar surface area (TPSA) is 190 Å². The molecule has 2 aliphatic heterocycles. The zero-order valence-corrected chi connectivity index (χ0v) is 40.2. The number of rotatable bonds is 24. The van der Waals surface area contributed by atoms with E-state index in [4.69, 9.17) is 4.42 Å². The number of carbonyl (C=O) groups excluding carboxylic acids is 5. The molecular weight excluding hydrogens is 861 g/mol. The first-order valence-electron chi connectivity index (χ1n) is 23.8. The van der Waals surface area contributed by atoms with Crippen molar-refractivity contribution in [2.24, 2.45) is 0 Å². The Morgan fingerprint density at radius 2 is 1.38 bits per heavy atom. The monoisotopic (exact) mass is 929 g/mol. The number of ketones is 1. The molecule has 5 rings (SSSR count). The van der Waals surface area contributed by atoms with E-state index >= 15 is 0 Å². The van der Waals surface area contributed by atoms with Gasteiger partial charge in [0.1, 0.15) is 36.2 Å².